The molecule has 0 fully saturated rings. The van der Waals surface area contributed by atoms with Gasteiger partial charge in [0.05, 0.1) is 11.9 Å². The maximum absolute atomic E-state index is 11.4. The maximum atomic E-state index is 11.4. The highest BCUT2D eigenvalue weighted by Gasteiger charge is 2.17. The van der Waals surface area contributed by atoms with E-state index in [2.05, 4.69) is 20.6 Å². The maximum Gasteiger partial charge on any atom is 0.339 e. The van der Waals surface area contributed by atoms with Crippen LogP contribution in [-0.4, -0.2) is 31.1 Å². The molecule has 2 aromatic heterocycles. The lowest BCUT2D eigenvalue weighted by Gasteiger charge is -2.11. The zero-order valence-corrected chi connectivity index (χ0v) is 11.9. The summed E-state index contributed by atoms with van der Waals surface area (Å²) < 4.78 is 1.77. The Kier molecular flexibility index (Phi) is 3.69. The Balaban J connectivity index is 2.28. The summed E-state index contributed by atoms with van der Waals surface area (Å²) in [5, 5.41) is 24.4. The lowest BCUT2D eigenvalue weighted by molar-refractivity contribution is 0.0696. The van der Waals surface area contributed by atoms with Gasteiger partial charge in [0.15, 0.2) is 5.82 Å². The largest absolute Gasteiger partial charge is 0.478 e. The van der Waals surface area contributed by atoms with Gasteiger partial charge in [0.2, 0.25) is 0 Å². The Morgan fingerprint density at radius 3 is 2.60 bits per heavy atom. The van der Waals surface area contributed by atoms with E-state index in [1.54, 1.807) is 24.7 Å². The van der Waals surface area contributed by atoms with Crippen LogP contribution >= 0.6 is 0 Å². The fraction of sp³-hybridized carbons (Fsp3) is 0.385. The van der Waals surface area contributed by atoms with Crippen molar-refractivity contribution in [1.29, 1.82) is 0 Å². The van der Waals surface area contributed by atoms with Crippen molar-refractivity contribution in [3.05, 3.63) is 34.3 Å². The van der Waals surface area contributed by atoms with Crippen LogP contribution in [0.5, 0.6) is 0 Å². The van der Waals surface area contributed by atoms with Crippen LogP contribution in [0.25, 0.3) is 0 Å². The predicted molar refractivity (Wildman–Crippen MR) is 73.7 cm³/mol. The topological polar surface area (TPSA) is 92.9 Å². The molecule has 0 bridgehead atoms. The van der Waals surface area contributed by atoms with Crippen molar-refractivity contribution in [3.8, 4) is 0 Å². The first-order valence-electron chi connectivity index (χ1n) is 6.20. The summed E-state index contributed by atoms with van der Waals surface area (Å²) in [6.45, 7) is 5.88. The van der Waals surface area contributed by atoms with Crippen LogP contribution in [0, 0.1) is 20.8 Å². The first-order chi connectivity index (χ1) is 9.41. The Bertz CT molecular complexity index is 663. The number of rotatable bonds is 4. The quantitative estimate of drug-likeness (QED) is 0.877. The number of nitrogens with one attached hydrogen (secondary N) is 1. The number of aromatic carboxylic acids is 1. The van der Waals surface area contributed by atoms with Gasteiger partial charge in [-0.15, -0.1) is 5.10 Å². The summed E-state index contributed by atoms with van der Waals surface area (Å²) in [5.74, 6) is -0.727. The third kappa shape index (κ3) is 2.47. The zero-order chi connectivity index (χ0) is 14.9. The second kappa shape index (κ2) is 5.28. The van der Waals surface area contributed by atoms with Crippen LogP contribution in [0.3, 0.4) is 0 Å². The first kappa shape index (κ1) is 14.0. The molecule has 0 aliphatic heterocycles. The number of carboxylic acid groups (broad SMARTS) is 1. The lowest BCUT2D eigenvalue weighted by atomic mass is 10.1. The van der Waals surface area contributed by atoms with E-state index < -0.39 is 5.97 Å². The number of hydrogen-bond acceptors (Lipinski definition) is 5. The highest BCUT2D eigenvalue weighted by Crippen LogP contribution is 2.19. The minimum atomic E-state index is -1.01. The van der Waals surface area contributed by atoms with Gasteiger partial charge in [0, 0.05) is 24.8 Å². The number of aromatic nitrogens is 4. The summed E-state index contributed by atoms with van der Waals surface area (Å²) in [6.07, 6.45) is 1.75. The molecule has 0 saturated heterocycles. The summed E-state index contributed by atoms with van der Waals surface area (Å²) >= 11 is 0. The molecule has 106 valence electrons. The van der Waals surface area contributed by atoms with Gasteiger partial charge in [-0.25, -0.2) is 4.79 Å². The smallest absolute Gasteiger partial charge is 0.339 e. The summed E-state index contributed by atoms with van der Waals surface area (Å²) in [5.41, 5.74) is 3.41. The molecule has 2 heterocycles. The number of carboxylic acids is 1. The molecular weight excluding hydrogens is 258 g/mol. The third-order valence-electron chi connectivity index (χ3n) is 3.45. The van der Waals surface area contributed by atoms with Crippen molar-refractivity contribution >= 4 is 11.8 Å². The second-order valence-electron chi connectivity index (χ2n) is 4.67. The Morgan fingerprint density at radius 2 is 2.05 bits per heavy atom. The average molecular weight is 275 g/mol. The van der Waals surface area contributed by atoms with Gasteiger partial charge < -0.3 is 10.4 Å². The van der Waals surface area contributed by atoms with E-state index in [-0.39, 0.29) is 11.4 Å². The molecule has 2 N–H and O–H groups in total. The molecule has 0 saturated carbocycles. The Labute approximate surface area is 116 Å². The van der Waals surface area contributed by atoms with Crippen LogP contribution in [-0.2, 0) is 13.6 Å². The van der Waals surface area contributed by atoms with E-state index in [0.717, 1.165) is 11.3 Å². The van der Waals surface area contributed by atoms with Crippen LogP contribution in [0.1, 0.15) is 32.9 Å². The van der Waals surface area contributed by atoms with Gasteiger partial charge in [0.25, 0.3) is 0 Å². The fourth-order valence-corrected chi connectivity index (χ4v) is 1.89. The molecule has 0 atom stereocenters. The molecule has 20 heavy (non-hydrogen) atoms. The second-order valence-corrected chi connectivity index (χ2v) is 4.67. The minimum Gasteiger partial charge on any atom is -0.478 e. The van der Waals surface area contributed by atoms with E-state index in [4.69, 9.17) is 0 Å². The van der Waals surface area contributed by atoms with Crippen LogP contribution < -0.4 is 5.32 Å². The van der Waals surface area contributed by atoms with Gasteiger partial charge in [-0.1, -0.05) is 0 Å². The zero-order valence-electron chi connectivity index (χ0n) is 11.9. The molecule has 2 rings (SSSR count). The predicted octanol–water partition coefficient (Wildman–Crippen LogP) is 1.45. The van der Waals surface area contributed by atoms with Gasteiger partial charge in [-0.3, -0.25) is 4.68 Å². The van der Waals surface area contributed by atoms with Crippen molar-refractivity contribution in [3.63, 3.8) is 0 Å². The van der Waals surface area contributed by atoms with Crippen LogP contribution in [0.4, 0.5) is 5.82 Å². The summed E-state index contributed by atoms with van der Waals surface area (Å²) in [6, 6.07) is 0. The molecule has 0 aliphatic rings. The molecule has 0 spiro atoms. The highest BCUT2D eigenvalue weighted by atomic mass is 16.4. The Morgan fingerprint density at radius 1 is 1.35 bits per heavy atom. The SMILES string of the molecule is Cc1nnc(NCc2cnn(C)c2C)c(C(=O)O)c1C. The molecule has 2 aromatic rings. The first-order valence-corrected chi connectivity index (χ1v) is 6.20. The van der Waals surface area contributed by atoms with Crippen molar-refractivity contribution in [1.82, 2.24) is 20.0 Å². The highest BCUT2D eigenvalue weighted by molar-refractivity contribution is 5.94. The number of aryl methyl sites for hydroxylation is 2. The lowest BCUT2D eigenvalue weighted by Crippen LogP contribution is -2.13. The molecule has 7 nitrogen and oxygen atoms in total. The van der Waals surface area contributed by atoms with Crippen molar-refractivity contribution < 1.29 is 9.90 Å². The minimum absolute atomic E-state index is 0.166. The van der Waals surface area contributed by atoms with E-state index in [1.807, 2.05) is 14.0 Å². The normalized spacial score (nSPS) is 10.6. The number of hydrogen-bond donors (Lipinski definition) is 2. The van der Waals surface area contributed by atoms with E-state index in [1.165, 1.54) is 0 Å². The van der Waals surface area contributed by atoms with Crippen molar-refractivity contribution in [2.75, 3.05) is 5.32 Å². The summed E-state index contributed by atoms with van der Waals surface area (Å²) in [7, 11) is 1.86. The average Bonchev–Trinajstić information content (AvgIpc) is 2.71. The number of carbonyl (C=O) groups is 1. The number of nitrogens with zero attached hydrogens (tertiary/aromatic N) is 4. The van der Waals surface area contributed by atoms with Gasteiger partial charge in [-0.05, 0) is 26.3 Å². The van der Waals surface area contributed by atoms with E-state index >= 15 is 0 Å². The standard InChI is InChI=1S/C13H17N5O2/c1-7-8(2)16-17-12(11(7)13(19)20)14-5-10-6-15-18(4)9(10)3/h6H,5H2,1-4H3,(H,14,17)(H,19,20). The molecule has 0 amide bonds. The molecule has 7 heteroatoms. The van der Waals surface area contributed by atoms with Crippen LogP contribution in [0.2, 0.25) is 0 Å². The van der Waals surface area contributed by atoms with Crippen LogP contribution in [0.15, 0.2) is 6.20 Å². The Hall–Kier alpha value is -2.44. The number of anilines is 1. The van der Waals surface area contributed by atoms with E-state index in [9.17, 15) is 9.90 Å². The summed E-state index contributed by atoms with van der Waals surface area (Å²) in [4.78, 5) is 11.4. The van der Waals surface area contributed by atoms with Crippen molar-refractivity contribution in [2.45, 2.75) is 27.3 Å². The monoisotopic (exact) mass is 275 g/mol. The van der Waals surface area contributed by atoms with Gasteiger partial charge in [-0.2, -0.15) is 10.2 Å². The van der Waals surface area contributed by atoms with Gasteiger partial charge in [0.1, 0.15) is 5.56 Å². The van der Waals surface area contributed by atoms with Crippen molar-refractivity contribution in [2.24, 2.45) is 7.05 Å². The molecule has 0 unspecified atom stereocenters. The molecule has 0 aliphatic carbocycles. The van der Waals surface area contributed by atoms with E-state index in [0.29, 0.717) is 17.8 Å². The molecular formula is C13H17N5O2. The third-order valence-corrected chi connectivity index (χ3v) is 3.45. The fourth-order valence-electron chi connectivity index (χ4n) is 1.89. The van der Waals surface area contributed by atoms with Gasteiger partial charge >= 0.3 is 5.97 Å². The molecule has 0 radical (unpaired) electrons. The molecule has 0 aromatic carbocycles.